The second kappa shape index (κ2) is 18.0. The minimum atomic E-state index is -1.29. The third-order valence-corrected chi connectivity index (χ3v) is 6.56. The second-order valence-electron chi connectivity index (χ2n) is 9.34. The maximum Gasteiger partial charge on any atom is 0.228 e. The van der Waals surface area contributed by atoms with Gasteiger partial charge in [0, 0.05) is 20.7 Å². The van der Waals surface area contributed by atoms with Crippen molar-refractivity contribution in [2.45, 2.75) is 71.3 Å². The van der Waals surface area contributed by atoms with Crippen LogP contribution in [0.15, 0.2) is 60.6 Å². The van der Waals surface area contributed by atoms with Gasteiger partial charge in [-0.15, -0.1) is 6.42 Å². The molecule has 8 heteroatoms. The minimum absolute atomic E-state index is 0.193. The van der Waals surface area contributed by atoms with E-state index in [1.54, 1.807) is 26.2 Å². The fourth-order valence-electron chi connectivity index (χ4n) is 3.20. The van der Waals surface area contributed by atoms with E-state index in [1.807, 2.05) is 24.3 Å². The molecule has 1 aromatic rings. The first kappa shape index (κ1) is 32.7. The zero-order chi connectivity index (χ0) is 27.8. The average Bonchev–Trinajstić information content (AvgIpc) is 2.86. The number of methoxy groups -OCH3 is 1. The number of terminal acetylenes is 1. The summed E-state index contributed by atoms with van der Waals surface area (Å²) < 4.78 is 22.1. The number of benzene rings is 1. The molecule has 3 N–H and O–H groups in total. The van der Waals surface area contributed by atoms with Gasteiger partial charge in [-0.2, -0.15) is 0 Å². The molecule has 0 radical (unpaired) electrons. The Kier molecular flexibility index (Phi) is 15.9. The van der Waals surface area contributed by atoms with Gasteiger partial charge in [0.05, 0.1) is 25.1 Å². The molecule has 5 atom stereocenters. The third kappa shape index (κ3) is 13.7. The van der Waals surface area contributed by atoms with Crippen LogP contribution in [0.25, 0.3) is 0 Å². The van der Waals surface area contributed by atoms with Crippen LogP contribution in [0.5, 0.6) is 5.75 Å². The van der Waals surface area contributed by atoms with Crippen molar-refractivity contribution in [3.8, 4) is 18.1 Å². The summed E-state index contributed by atoms with van der Waals surface area (Å²) >= 11 is 0. The highest BCUT2D eigenvalue weighted by atomic mass is 31.1. The number of hydrogen-bond acceptors (Lipinski definition) is 7. The summed E-state index contributed by atoms with van der Waals surface area (Å²) in [7, 11) is 0.267. The van der Waals surface area contributed by atoms with E-state index < -0.39 is 26.6 Å². The fourth-order valence-corrected chi connectivity index (χ4v) is 4.56. The first-order chi connectivity index (χ1) is 17.6. The molecule has 1 saturated heterocycles. The summed E-state index contributed by atoms with van der Waals surface area (Å²) in [5.41, 5.74) is 0.958. The number of aliphatic hydroxyl groups is 2. The van der Waals surface area contributed by atoms with Gasteiger partial charge in [0.25, 0.3) is 0 Å². The molecule has 1 aromatic carbocycles. The molecule has 0 bridgehead atoms. The maximum absolute atomic E-state index is 10.6. The predicted octanol–water partition coefficient (Wildman–Crippen LogP) is 5.11. The molecular weight excluding hydrogens is 491 g/mol. The molecule has 5 unspecified atom stereocenters. The van der Waals surface area contributed by atoms with Crippen molar-refractivity contribution in [3.05, 3.63) is 66.2 Å². The van der Waals surface area contributed by atoms with Crippen LogP contribution < -0.4 is 4.74 Å². The lowest BCUT2D eigenvalue weighted by Gasteiger charge is -2.37. The van der Waals surface area contributed by atoms with Crippen LogP contribution in [0.4, 0.5) is 0 Å². The molecule has 1 fully saturated rings. The lowest BCUT2D eigenvalue weighted by molar-refractivity contribution is -0.252. The summed E-state index contributed by atoms with van der Waals surface area (Å²) in [6, 6.07) is 7.48. The Balaban J connectivity index is 0.00000159. The molecule has 2 rings (SSSR count). The molecule has 0 saturated carbocycles. The van der Waals surface area contributed by atoms with Crippen LogP contribution in [0.2, 0.25) is 0 Å². The summed E-state index contributed by atoms with van der Waals surface area (Å²) in [5, 5.41) is 20.6. The standard InChI is InChI=1S/C25H33O7P.C4H10/c1-5-13-30-21-9-7-8-19(15-21)17-33(28)14-12-22-16-23(26)24(27)25(32-22)31-20(6-2)11-10-18(3)29-4;1-4(2)3/h1,6-11,15,22-28H,2,12-14,16-17H2,3-4H3;4H,1-3H3/b18-10+,20-11+;. The van der Waals surface area contributed by atoms with E-state index in [9.17, 15) is 15.1 Å². The zero-order valence-corrected chi connectivity index (χ0v) is 23.6. The Bertz CT molecular complexity index is 903. The Morgan fingerprint density at radius 2 is 2.00 bits per heavy atom. The average molecular weight is 535 g/mol. The van der Waals surface area contributed by atoms with E-state index in [2.05, 4.69) is 33.3 Å². The number of ether oxygens (including phenoxy) is 4. The van der Waals surface area contributed by atoms with Gasteiger partial charge in [-0.25, -0.2) is 0 Å². The van der Waals surface area contributed by atoms with Crippen molar-refractivity contribution < 1.29 is 34.1 Å². The van der Waals surface area contributed by atoms with Gasteiger partial charge in [0.15, 0.2) is 0 Å². The minimum Gasteiger partial charge on any atom is -0.501 e. The Morgan fingerprint density at radius 1 is 1.30 bits per heavy atom. The normalized spacial score (nSPS) is 22.8. The van der Waals surface area contributed by atoms with E-state index in [0.29, 0.717) is 36.0 Å². The molecule has 0 aliphatic carbocycles. The second-order valence-corrected chi connectivity index (χ2v) is 11.1. The monoisotopic (exact) mass is 534 g/mol. The van der Waals surface area contributed by atoms with Crippen LogP contribution in [-0.4, -0.2) is 59.6 Å². The number of hydrogen-bond donors (Lipinski definition) is 3. The van der Waals surface area contributed by atoms with E-state index in [0.717, 1.165) is 11.5 Å². The third-order valence-electron chi connectivity index (χ3n) is 5.06. The van der Waals surface area contributed by atoms with Gasteiger partial charge < -0.3 is 34.1 Å². The molecule has 206 valence electrons. The first-order valence-corrected chi connectivity index (χ1v) is 14.1. The highest BCUT2D eigenvalue weighted by molar-refractivity contribution is 7.50. The van der Waals surface area contributed by atoms with Crippen molar-refractivity contribution in [1.29, 1.82) is 0 Å². The highest BCUT2D eigenvalue weighted by Crippen LogP contribution is 2.38. The topological polar surface area (TPSA) is 97.6 Å². The van der Waals surface area contributed by atoms with E-state index in [4.69, 9.17) is 25.4 Å². The number of allylic oxidation sites excluding steroid dienone is 4. The maximum atomic E-state index is 10.6. The van der Waals surface area contributed by atoms with E-state index >= 15 is 0 Å². The summed E-state index contributed by atoms with van der Waals surface area (Å²) in [6.07, 6.45) is 8.26. The van der Waals surface area contributed by atoms with E-state index in [1.165, 1.54) is 6.08 Å². The summed E-state index contributed by atoms with van der Waals surface area (Å²) in [6.45, 7) is 12.2. The smallest absolute Gasteiger partial charge is 0.228 e. The van der Waals surface area contributed by atoms with Gasteiger partial charge in [-0.3, -0.25) is 0 Å². The molecule has 7 nitrogen and oxygen atoms in total. The van der Waals surface area contributed by atoms with Crippen LogP contribution in [-0.2, 0) is 20.4 Å². The first-order valence-electron chi connectivity index (χ1n) is 12.4. The lowest BCUT2D eigenvalue weighted by Crippen LogP contribution is -2.49. The molecule has 1 aliphatic rings. The van der Waals surface area contributed by atoms with Crippen molar-refractivity contribution in [2.24, 2.45) is 5.92 Å². The molecule has 0 aromatic heterocycles. The Labute approximate surface area is 223 Å². The van der Waals surface area contributed by atoms with Gasteiger partial charge in [-0.1, -0.05) is 45.4 Å². The van der Waals surface area contributed by atoms with Crippen LogP contribution in [0.3, 0.4) is 0 Å². The molecular formula is C29H43O7P. The lowest BCUT2D eigenvalue weighted by atomic mass is 10.0. The fraction of sp³-hybridized carbons (Fsp3) is 0.517. The molecule has 1 aliphatic heterocycles. The van der Waals surface area contributed by atoms with Crippen molar-refractivity contribution in [2.75, 3.05) is 19.9 Å². The van der Waals surface area contributed by atoms with Gasteiger partial charge in [0.1, 0.15) is 24.2 Å². The molecule has 0 amide bonds. The van der Waals surface area contributed by atoms with Crippen LogP contribution in [0.1, 0.15) is 46.1 Å². The molecule has 1 heterocycles. The zero-order valence-electron chi connectivity index (χ0n) is 22.7. The molecule has 0 spiro atoms. The Hall–Kier alpha value is -2.33. The quantitative estimate of drug-likeness (QED) is 0.148. The number of rotatable bonds is 12. The summed E-state index contributed by atoms with van der Waals surface area (Å²) in [5.74, 6) is 4.98. The van der Waals surface area contributed by atoms with Crippen molar-refractivity contribution >= 4 is 8.15 Å². The Morgan fingerprint density at radius 3 is 2.62 bits per heavy atom. The van der Waals surface area contributed by atoms with Gasteiger partial charge in [0.2, 0.25) is 6.29 Å². The summed E-state index contributed by atoms with van der Waals surface area (Å²) in [4.78, 5) is 10.6. The van der Waals surface area contributed by atoms with E-state index in [-0.39, 0.29) is 19.1 Å². The van der Waals surface area contributed by atoms with Crippen LogP contribution in [0, 0.1) is 18.3 Å². The highest BCUT2D eigenvalue weighted by Gasteiger charge is 2.38. The van der Waals surface area contributed by atoms with Crippen molar-refractivity contribution in [3.63, 3.8) is 0 Å². The van der Waals surface area contributed by atoms with Crippen molar-refractivity contribution in [1.82, 2.24) is 0 Å². The number of aliphatic hydroxyl groups excluding tert-OH is 2. The van der Waals surface area contributed by atoms with Crippen LogP contribution >= 0.6 is 8.15 Å². The predicted molar refractivity (Wildman–Crippen MR) is 149 cm³/mol. The van der Waals surface area contributed by atoms with Gasteiger partial charge >= 0.3 is 0 Å². The molecule has 37 heavy (non-hydrogen) atoms. The SMILES string of the molecule is C#CCOc1cccc(CP(O)CCC2CC(O)C(O)C(O/C(C=C)=C/C=C(\C)OC)O2)c1.CC(C)C. The largest absolute Gasteiger partial charge is 0.501 e. The van der Waals surface area contributed by atoms with Gasteiger partial charge in [-0.05, 0) is 61.3 Å².